The van der Waals surface area contributed by atoms with Crippen LogP contribution < -0.4 is 20.3 Å². The summed E-state index contributed by atoms with van der Waals surface area (Å²) < 4.78 is 11.6. The summed E-state index contributed by atoms with van der Waals surface area (Å²) in [6, 6.07) is 11.2. The van der Waals surface area contributed by atoms with Crippen molar-refractivity contribution in [3.63, 3.8) is 0 Å². The number of hydrogen-bond donors (Lipinski definition) is 2. The third-order valence-corrected chi connectivity index (χ3v) is 4.13. The van der Waals surface area contributed by atoms with Crippen molar-refractivity contribution < 1.29 is 19.1 Å². The van der Waals surface area contributed by atoms with Gasteiger partial charge in [-0.15, -0.1) is 0 Å². The fourth-order valence-corrected chi connectivity index (χ4v) is 2.59. The fourth-order valence-electron chi connectivity index (χ4n) is 2.22. The Balaban J connectivity index is 1.83. The summed E-state index contributed by atoms with van der Waals surface area (Å²) in [4.78, 5) is 23.7. The quantitative estimate of drug-likeness (QED) is 0.542. The summed E-state index contributed by atoms with van der Waals surface area (Å²) in [5.74, 6) is 0.334. The second-order valence-electron chi connectivity index (χ2n) is 5.81. The lowest BCUT2D eigenvalue weighted by molar-refractivity contribution is -0.128. The third-order valence-electron chi connectivity index (χ3n) is 3.63. The van der Waals surface area contributed by atoms with E-state index in [1.54, 1.807) is 19.3 Å². The van der Waals surface area contributed by atoms with Gasteiger partial charge < -0.3 is 9.47 Å². The molecule has 2 aromatic rings. The minimum Gasteiger partial charge on any atom is -0.496 e. The first-order valence-electron chi connectivity index (χ1n) is 8.19. The second-order valence-corrected chi connectivity index (χ2v) is 6.73. The van der Waals surface area contributed by atoms with Crippen molar-refractivity contribution in [2.75, 3.05) is 13.7 Å². The molecule has 0 saturated carbocycles. The number of amides is 2. The number of ether oxygens (including phenoxy) is 2. The molecule has 0 heterocycles. The van der Waals surface area contributed by atoms with Gasteiger partial charge in [0, 0.05) is 16.1 Å². The van der Waals surface area contributed by atoms with Crippen LogP contribution in [0.4, 0.5) is 0 Å². The third kappa shape index (κ3) is 6.45. The number of hydrogen-bond acceptors (Lipinski definition) is 4. The summed E-state index contributed by atoms with van der Waals surface area (Å²) in [6.45, 7) is 3.64. The summed E-state index contributed by atoms with van der Waals surface area (Å²) in [6.07, 6.45) is 2.90. The fraction of sp³-hybridized carbons (Fsp3) is 0.200. The molecule has 0 unspecified atom stereocenters. The zero-order chi connectivity index (χ0) is 19.8. The van der Waals surface area contributed by atoms with E-state index in [0.29, 0.717) is 11.5 Å². The van der Waals surface area contributed by atoms with E-state index in [1.165, 1.54) is 6.08 Å². The Hall–Kier alpha value is -2.80. The molecule has 27 heavy (non-hydrogen) atoms. The van der Waals surface area contributed by atoms with Crippen molar-refractivity contribution in [3.8, 4) is 11.5 Å². The number of benzene rings is 2. The van der Waals surface area contributed by atoms with Crippen molar-refractivity contribution in [1.82, 2.24) is 10.9 Å². The smallest absolute Gasteiger partial charge is 0.276 e. The van der Waals surface area contributed by atoms with Crippen LogP contribution >= 0.6 is 15.9 Å². The van der Waals surface area contributed by atoms with E-state index in [1.807, 2.05) is 44.2 Å². The first-order chi connectivity index (χ1) is 12.9. The van der Waals surface area contributed by atoms with Gasteiger partial charge in [-0.1, -0.05) is 28.1 Å². The van der Waals surface area contributed by atoms with Crippen LogP contribution in [-0.2, 0) is 9.59 Å². The van der Waals surface area contributed by atoms with Gasteiger partial charge in [-0.2, -0.15) is 0 Å². The van der Waals surface area contributed by atoms with Crippen molar-refractivity contribution in [2.45, 2.75) is 13.8 Å². The SMILES string of the molecule is COc1ccc(Br)cc1/C=C/C(=O)NNC(=O)COc1cc(C)ccc1C. The lowest BCUT2D eigenvalue weighted by Gasteiger charge is -2.10. The van der Waals surface area contributed by atoms with E-state index in [4.69, 9.17) is 9.47 Å². The Morgan fingerprint density at radius 1 is 1.07 bits per heavy atom. The molecule has 7 heteroatoms. The van der Waals surface area contributed by atoms with E-state index < -0.39 is 11.8 Å². The van der Waals surface area contributed by atoms with Gasteiger partial charge in [-0.25, -0.2) is 0 Å². The van der Waals surface area contributed by atoms with Gasteiger partial charge >= 0.3 is 0 Å². The van der Waals surface area contributed by atoms with Crippen LogP contribution in [0.15, 0.2) is 46.9 Å². The molecule has 0 bridgehead atoms. The number of halogens is 1. The highest BCUT2D eigenvalue weighted by Gasteiger charge is 2.06. The molecule has 0 aliphatic rings. The maximum Gasteiger partial charge on any atom is 0.276 e. The summed E-state index contributed by atoms with van der Waals surface area (Å²) in [5, 5.41) is 0. The molecule has 2 aromatic carbocycles. The first kappa shape index (κ1) is 20.5. The van der Waals surface area contributed by atoms with Gasteiger partial charge in [-0.05, 0) is 55.3 Å². The predicted molar refractivity (Wildman–Crippen MR) is 107 cm³/mol. The normalized spacial score (nSPS) is 10.5. The van der Waals surface area contributed by atoms with Crippen molar-refractivity contribution in [1.29, 1.82) is 0 Å². The Morgan fingerprint density at radius 2 is 1.85 bits per heavy atom. The Kier molecular flexibility index (Phi) is 7.43. The molecule has 0 saturated heterocycles. The standard InChI is InChI=1S/C20H21BrN2O4/c1-13-4-5-14(2)18(10-13)27-12-20(25)23-22-19(24)9-6-15-11-16(21)7-8-17(15)26-3/h4-11H,12H2,1-3H3,(H,22,24)(H,23,25)/b9-6+. The molecule has 2 amide bonds. The van der Waals surface area contributed by atoms with Crippen LogP contribution in [0.2, 0.25) is 0 Å². The topological polar surface area (TPSA) is 76.7 Å². The van der Waals surface area contributed by atoms with Crippen molar-refractivity contribution >= 4 is 33.8 Å². The monoisotopic (exact) mass is 432 g/mol. The lowest BCUT2D eigenvalue weighted by Crippen LogP contribution is -2.43. The molecule has 2 rings (SSSR count). The molecule has 2 N–H and O–H groups in total. The van der Waals surface area contributed by atoms with Crippen LogP contribution in [0.3, 0.4) is 0 Å². The van der Waals surface area contributed by atoms with Crippen LogP contribution in [0.25, 0.3) is 6.08 Å². The minimum atomic E-state index is -0.475. The summed E-state index contributed by atoms with van der Waals surface area (Å²) in [5.41, 5.74) is 7.32. The molecule has 6 nitrogen and oxygen atoms in total. The largest absolute Gasteiger partial charge is 0.496 e. The molecular formula is C20H21BrN2O4. The molecule has 0 atom stereocenters. The number of rotatable bonds is 6. The minimum absolute atomic E-state index is 0.201. The highest BCUT2D eigenvalue weighted by Crippen LogP contribution is 2.24. The molecule has 0 radical (unpaired) electrons. The molecule has 0 aliphatic heterocycles. The van der Waals surface area contributed by atoms with Crippen LogP contribution in [0.1, 0.15) is 16.7 Å². The summed E-state index contributed by atoms with van der Waals surface area (Å²) >= 11 is 3.37. The highest BCUT2D eigenvalue weighted by atomic mass is 79.9. The number of methoxy groups -OCH3 is 1. The van der Waals surface area contributed by atoms with E-state index in [9.17, 15) is 9.59 Å². The van der Waals surface area contributed by atoms with Crippen molar-refractivity contribution in [2.24, 2.45) is 0 Å². The molecule has 0 aliphatic carbocycles. The lowest BCUT2D eigenvalue weighted by atomic mass is 10.1. The predicted octanol–water partition coefficient (Wildman–Crippen LogP) is 3.31. The summed E-state index contributed by atoms with van der Waals surface area (Å²) in [7, 11) is 1.55. The zero-order valence-corrected chi connectivity index (χ0v) is 16.9. The average Bonchev–Trinajstić information content (AvgIpc) is 2.65. The van der Waals surface area contributed by atoms with E-state index >= 15 is 0 Å². The van der Waals surface area contributed by atoms with Gasteiger partial charge in [0.05, 0.1) is 7.11 Å². The molecule has 0 spiro atoms. The molecule has 142 valence electrons. The van der Waals surface area contributed by atoms with Gasteiger partial charge in [-0.3, -0.25) is 20.4 Å². The van der Waals surface area contributed by atoms with Crippen LogP contribution in [-0.4, -0.2) is 25.5 Å². The van der Waals surface area contributed by atoms with Crippen molar-refractivity contribution in [3.05, 3.63) is 63.6 Å². The number of hydrazine groups is 1. The number of carbonyl (C=O) groups is 2. The van der Waals surface area contributed by atoms with E-state index in [-0.39, 0.29) is 6.61 Å². The second kappa shape index (κ2) is 9.78. The Labute approximate surface area is 166 Å². The maximum absolute atomic E-state index is 11.9. The Bertz CT molecular complexity index is 865. The molecule has 0 aromatic heterocycles. The van der Waals surface area contributed by atoms with Gasteiger partial charge in [0.15, 0.2) is 6.61 Å². The van der Waals surface area contributed by atoms with Gasteiger partial charge in [0.2, 0.25) is 0 Å². The first-order valence-corrected chi connectivity index (χ1v) is 8.99. The van der Waals surface area contributed by atoms with E-state index in [0.717, 1.165) is 21.2 Å². The number of nitrogens with one attached hydrogen (secondary N) is 2. The maximum atomic E-state index is 11.9. The van der Waals surface area contributed by atoms with Gasteiger partial charge in [0.1, 0.15) is 11.5 Å². The molecular weight excluding hydrogens is 412 g/mol. The number of aryl methyl sites for hydroxylation is 2. The van der Waals surface area contributed by atoms with Crippen LogP contribution in [0, 0.1) is 13.8 Å². The molecule has 0 fully saturated rings. The average molecular weight is 433 g/mol. The van der Waals surface area contributed by atoms with E-state index in [2.05, 4.69) is 26.8 Å². The van der Waals surface area contributed by atoms with Gasteiger partial charge in [0.25, 0.3) is 11.8 Å². The number of carbonyl (C=O) groups excluding carboxylic acids is 2. The van der Waals surface area contributed by atoms with Crippen LogP contribution in [0.5, 0.6) is 11.5 Å². The Morgan fingerprint density at radius 3 is 2.59 bits per heavy atom. The highest BCUT2D eigenvalue weighted by molar-refractivity contribution is 9.10. The zero-order valence-electron chi connectivity index (χ0n) is 15.3.